The first-order valence-corrected chi connectivity index (χ1v) is 6.73. The van der Waals surface area contributed by atoms with Gasteiger partial charge in [0.25, 0.3) is 0 Å². The molecule has 1 aliphatic heterocycles. The first-order valence-electron chi connectivity index (χ1n) is 6.73. The first kappa shape index (κ1) is 16.1. The predicted molar refractivity (Wildman–Crippen MR) is 72.8 cm³/mol. The molecule has 120 valence electrons. The number of carboxylic acids is 1. The van der Waals surface area contributed by atoms with Gasteiger partial charge in [-0.25, -0.2) is 9.59 Å². The molecule has 5 nitrogen and oxygen atoms in total. The molecular weight excluding hydrogens is 301 g/mol. The van der Waals surface area contributed by atoms with Gasteiger partial charge in [-0.05, 0) is 37.1 Å². The maximum atomic E-state index is 12.7. The van der Waals surface area contributed by atoms with Crippen LogP contribution in [0.5, 0.6) is 0 Å². The quantitative estimate of drug-likeness (QED) is 0.880. The second-order valence-corrected chi connectivity index (χ2v) is 5.14. The van der Waals surface area contributed by atoms with Gasteiger partial charge in [-0.1, -0.05) is 0 Å². The lowest BCUT2D eigenvalue weighted by Crippen LogP contribution is -2.46. The zero-order valence-corrected chi connectivity index (χ0v) is 11.6. The Balaban J connectivity index is 1.98. The number of carbonyl (C=O) groups is 2. The lowest BCUT2D eigenvalue weighted by atomic mass is 9.98. The fourth-order valence-electron chi connectivity index (χ4n) is 2.33. The third-order valence-electron chi connectivity index (χ3n) is 3.55. The Kier molecular flexibility index (Phi) is 4.58. The molecule has 2 rings (SSSR count). The molecule has 1 fully saturated rings. The zero-order valence-electron chi connectivity index (χ0n) is 11.6. The lowest BCUT2D eigenvalue weighted by molar-refractivity contribution is -0.183. The highest BCUT2D eigenvalue weighted by atomic mass is 19.4. The van der Waals surface area contributed by atoms with Gasteiger partial charge in [0.05, 0.1) is 11.5 Å². The van der Waals surface area contributed by atoms with Crippen LogP contribution in [0.1, 0.15) is 23.2 Å². The van der Waals surface area contributed by atoms with Crippen molar-refractivity contribution >= 4 is 17.7 Å². The second-order valence-electron chi connectivity index (χ2n) is 5.14. The van der Waals surface area contributed by atoms with Gasteiger partial charge in [-0.3, -0.25) is 0 Å². The van der Waals surface area contributed by atoms with E-state index < -0.39 is 24.1 Å². The number of aromatic carboxylic acids is 1. The standard InChI is InChI=1S/C14H15F3N2O3/c15-14(16,17)10-2-1-7-19(8-10)13(22)18-11-5-3-9(4-6-11)12(20)21/h3-6,10H,1-2,7-8H2,(H,18,22)(H,20,21). The van der Waals surface area contributed by atoms with Gasteiger partial charge in [0.1, 0.15) is 0 Å². The Morgan fingerprint density at radius 3 is 2.41 bits per heavy atom. The van der Waals surface area contributed by atoms with E-state index >= 15 is 0 Å². The molecule has 1 saturated heterocycles. The van der Waals surface area contributed by atoms with Crippen molar-refractivity contribution in [3.63, 3.8) is 0 Å². The molecule has 0 bridgehead atoms. The van der Waals surface area contributed by atoms with Gasteiger partial charge >= 0.3 is 18.2 Å². The molecule has 2 amide bonds. The number of piperidine rings is 1. The largest absolute Gasteiger partial charge is 0.478 e. The van der Waals surface area contributed by atoms with Gasteiger partial charge in [0.15, 0.2) is 0 Å². The zero-order chi connectivity index (χ0) is 16.3. The van der Waals surface area contributed by atoms with Crippen LogP contribution in [0.15, 0.2) is 24.3 Å². The third kappa shape index (κ3) is 3.90. The number of hydrogen-bond acceptors (Lipinski definition) is 2. The number of anilines is 1. The molecule has 1 heterocycles. The van der Waals surface area contributed by atoms with Crippen LogP contribution in [0.3, 0.4) is 0 Å². The average Bonchev–Trinajstić information content (AvgIpc) is 2.47. The van der Waals surface area contributed by atoms with Crippen molar-refractivity contribution in [2.45, 2.75) is 19.0 Å². The summed E-state index contributed by atoms with van der Waals surface area (Å²) >= 11 is 0. The Morgan fingerprint density at radius 2 is 1.86 bits per heavy atom. The number of likely N-dealkylation sites (tertiary alicyclic amines) is 1. The fourth-order valence-corrected chi connectivity index (χ4v) is 2.33. The number of nitrogens with zero attached hydrogens (tertiary/aromatic N) is 1. The van der Waals surface area contributed by atoms with Crippen molar-refractivity contribution in [1.29, 1.82) is 0 Å². The smallest absolute Gasteiger partial charge is 0.393 e. The number of alkyl halides is 3. The van der Waals surface area contributed by atoms with Crippen molar-refractivity contribution in [2.75, 3.05) is 18.4 Å². The van der Waals surface area contributed by atoms with Crippen LogP contribution in [0.2, 0.25) is 0 Å². The summed E-state index contributed by atoms with van der Waals surface area (Å²) in [7, 11) is 0. The minimum Gasteiger partial charge on any atom is -0.478 e. The number of rotatable bonds is 2. The monoisotopic (exact) mass is 316 g/mol. The van der Waals surface area contributed by atoms with Gasteiger partial charge in [-0.15, -0.1) is 0 Å². The molecule has 22 heavy (non-hydrogen) atoms. The van der Waals surface area contributed by atoms with E-state index in [4.69, 9.17) is 5.11 Å². The Morgan fingerprint density at radius 1 is 1.23 bits per heavy atom. The predicted octanol–water partition coefficient (Wildman–Crippen LogP) is 3.19. The molecular formula is C14H15F3N2O3. The van der Waals surface area contributed by atoms with Gasteiger partial charge in [0.2, 0.25) is 0 Å². The van der Waals surface area contributed by atoms with E-state index in [0.29, 0.717) is 12.1 Å². The summed E-state index contributed by atoms with van der Waals surface area (Å²) in [4.78, 5) is 23.8. The number of carboxylic acid groups (broad SMARTS) is 1. The molecule has 2 N–H and O–H groups in total. The number of benzene rings is 1. The van der Waals surface area contributed by atoms with Crippen molar-refractivity contribution in [3.8, 4) is 0 Å². The summed E-state index contributed by atoms with van der Waals surface area (Å²) in [6.45, 7) is -0.0891. The minimum atomic E-state index is -4.30. The van der Waals surface area contributed by atoms with Crippen molar-refractivity contribution < 1.29 is 27.9 Å². The Hall–Kier alpha value is -2.25. The molecule has 0 aromatic heterocycles. The van der Waals surface area contributed by atoms with Crippen molar-refractivity contribution in [3.05, 3.63) is 29.8 Å². The van der Waals surface area contributed by atoms with Crippen LogP contribution in [-0.4, -0.2) is 41.3 Å². The van der Waals surface area contributed by atoms with Crippen LogP contribution >= 0.6 is 0 Å². The van der Waals surface area contributed by atoms with Crippen LogP contribution in [0, 0.1) is 5.92 Å². The maximum absolute atomic E-state index is 12.7. The van der Waals surface area contributed by atoms with Crippen LogP contribution in [0.25, 0.3) is 0 Å². The van der Waals surface area contributed by atoms with E-state index in [9.17, 15) is 22.8 Å². The SMILES string of the molecule is O=C(O)c1ccc(NC(=O)N2CCCC(C(F)(F)F)C2)cc1. The van der Waals surface area contributed by atoms with E-state index in [1.165, 1.54) is 24.3 Å². The van der Waals surface area contributed by atoms with Gasteiger partial charge in [0, 0.05) is 18.8 Å². The summed E-state index contributed by atoms with van der Waals surface area (Å²) in [6, 6.07) is 4.80. The molecule has 1 aromatic rings. The normalized spacial score (nSPS) is 18.9. The topological polar surface area (TPSA) is 69.6 Å². The summed E-state index contributed by atoms with van der Waals surface area (Å²) in [6.07, 6.45) is -3.97. The van der Waals surface area contributed by atoms with Crippen LogP contribution < -0.4 is 5.32 Å². The maximum Gasteiger partial charge on any atom is 0.393 e. The van der Waals surface area contributed by atoms with Crippen LogP contribution in [-0.2, 0) is 0 Å². The summed E-state index contributed by atoms with van der Waals surface area (Å²) in [5.41, 5.74) is 0.400. The molecule has 0 aliphatic carbocycles. The summed E-state index contributed by atoms with van der Waals surface area (Å²) < 4.78 is 38.1. The Labute approximate surface area is 124 Å². The molecule has 0 radical (unpaired) electrons. The van der Waals surface area contributed by atoms with Gasteiger partial charge < -0.3 is 15.3 Å². The summed E-state index contributed by atoms with van der Waals surface area (Å²) in [5.74, 6) is -2.59. The molecule has 1 unspecified atom stereocenters. The molecule has 0 spiro atoms. The summed E-state index contributed by atoms with van der Waals surface area (Å²) in [5, 5.41) is 11.2. The molecule has 1 atom stereocenters. The van der Waals surface area contributed by atoms with E-state index in [2.05, 4.69) is 5.32 Å². The van der Waals surface area contributed by atoms with E-state index in [1.807, 2.05) is 0 Å². The fraction of sp³-hybridized carbons (Fsp3) is 0.429. The number of amides is 2. The lowest BCUT2D eigenvalue weighted by Gasteiger charge is -2.33. The number of urea groups is 1. The third-order valence-corrected chi connectivity index (χ3v) is 3.55. The number of halogens is 3. The highest BCUT2D eigenvalue weighted by Crippen LogP contribution is 2.33. The Bertz CT molecular complexity index is 557. The van der Waals surface area contributed by atoms with Crippen molar-refractivity contribution in [2.24, 2.45) is 5.92 Å². The number of nitrogens with one attached hydrogen (secondary N) is 1. The highest BCUT2D eigenvalue weighted by molar-refractivity contribution is 5.91. The minimum absolute atomic E-state index is 0.0284. The van der Waals surface area contributed by atoms with Crippen molar-refractivity contribution in [1.82, 2.24) is 4.90 Å². The van der Waals surface area contributed by atoms with E-state index in [1.54, 1.807) is 0 Å². The molecule has 1 aromatic carbocycles. The number of hydrogen-bond donors (Lipinski definition) is 2. The molecule has 0 saturated carbocycles. The molecule has 1 aliphatic rings. The van der Waals surface area contributed by atoms with E-state index in [-0.39, 0.29) is 25.1 Å². The average molecular weight is 316 g/mol. The molecule has 8 heteroatoms. The van der Waals surface area contributed by atoms with E-state index in [0.717, 1.165) is 4.90 Å². The first-order chi connectivity index (χ1) is 10.3. The highest BCUT2D eigenvalue weighted by Gasteiger charge is 2.42. The van der Waals surface area contributed by atoms with Gasteiger partial charge in [-0.2, -0.15) is 13.2 Å². The van der Waals surface area contributed by atoms with Crippen LogP contribution in [0.4, 0.5) is 23.7 Å². The number of carbonyl (C=O) groups excluding carboxylic acids is 1. The second kappa shape index (κ2) is 6.25.